The first-order valence-electron chi connectivity index (χ1n) is 18.2. The van der Waals surface area contributed by atoms with E-state index in [1.807, 2.05) is 24.3 Å². The summed E-state index contributed by atoms with van der Waals surface area (Å²) in [4.78, 5) is 10.5. The van der Waals surface area contributed by atoms with E-state index in [0.717, 1.165) is 77.5 Å². The van der Waals surface area contributed by atoms with Crippen molar-refractivity contribution in [2.24, 2.45) is 0 Å². The Hall–Kier alpha value is -7.30. The van der Waals surface area contributed by atoms with Gasteiger partial charge in [0, 0.05) is 49.0 Å². The molecule has 4 heteroatoms. The monoisotopic (exact) mass is 689 g/mol. The van der Waals surface area contributed by atoms with E-state index in [9.17, 15) is 0 Å². The molecule has 3 heterocycles. The van der Waals surface area contributed by atoms with E-state index in [1.165, 1.54) is 21.9 Å². The molecule has 0 aliphatic rings. The Balaban J connectivity index is 1.17. The molecule has 0 N–H and O–H groups in total. The molecule has 54 heavy (non-hydrogen) atoms. The molecule has 0 bridgehead atoms. The summed E-state index contributed by atoms with van der Waals surface area (Å²) in [6.07, 6.45) is 0. The highest BCUT2D eigenvalue weighted by atomic mass is 16.3. The molecular weight excluding hydrogens is 659 g/mol. The number of furan rings is 1. The summed E-state index contributed by atoms with van der Waals surface area (Å²) in [6, 6.07) is 66.0. The average Bonchev–Trinajstić information content (AvgIpc) is 3.80. The molecule has 11 aromatic rings. The van der Waals surface area contributed by atoms with Crippen molar-refractivity contribution in [3.8, 4) is 50.7 Å². The minimum Gasteiger partial charge on any atom is -0.455 e. The average molecular weight is 690 g/mol. The molecule has 4 nitrogen and oxygen atoms in total. The van der Waals surface area contributed by atoms with Gasteiger partial charge in [0.25, 0.3) is 0 Å². The molecule has 11 rings (SSSR count). The number of hydrogen-bond donors (Lipinski definition) is 0. The third kappa shape index (κ3) is 4.85. The van der Waals surface area contributed by atoms with Crippen LogP contribution < -0.4 is 0 Å². The molecule has 0 saturated carbocycles. The zero-order valence-electron chi connectivity index (χ0n) is 29.1. The van der Waals surface area contributed by atoms with Crippen LogP contribution >= 0.6 is 0 Å². The molecule has 0 spiro atoms. The Kier molecular flexibility index (Phi) is 6.82. The van der Waals surface area contributed by atoms with E-state index in [4.69, 9.17) is 14.4 Å². The van der Waals surface area contributed by atoms with Crippen LogP contribution in [0.15, 0.2) is 192 Å². The number of aromatic nitrogens is 3. The summed E-state index contributed by atoms with van der Waals surface area (Å²) < 4.78 is 9.02. The topological polar surface area (TPSA) is 43.9 Å². The van der Waals surface area contributed by atoms with Crippen LogP contribution in [0.1, 0.15) is 0 Å². The maximum Gasteiger partial charge on any atom is 0.160 e. The minimum atomic E-state index is 0.665. The Morgan fingerprint density at radius 1 is 0.352 bits per heavy atom. The maximum atomic E-state index is 6.61. The van der Waals surface area contributed by atoms with Gasteiger partial charge in [-0.1, -0.05) is 146 Å². The Bertz CT molecular complexity index is 3140. The van der Waals surface area contributed by atoms with Crippen molar-refractivity contribution < 1.29 is 4.42 Å². The maximum absolute atomic E-state index is 6.61. The van der Waals surface area contributed by atoms with Gasteiger partial charge in [0.05, 0.1) is 28.1 Å². The molecule has 0 amide bonds. The van der Waals surface area contributed by atoms with Crippen molar-refractivity contribution in [3.05, 3.63) is 188 Å². The van der Waals surface area contributed by atoms with Crippen molar-refractivity contribution in [2.75, 3.05) is 0 Å². The molecule has 0 radical (unpaired) electrons. The SMILES string of the molecule is c1ccc(-c2ccc(-c3cc(-c4ccccc4)nc(-c4ccc5c(c4)c(-n4c6ccccc6c6ccccc64)cc4c6ccccc6oc54)n3)cc2)cc1. The largest absolute Gasteiger partial charge is 0.455 e. The molecule has 0 aliphatic heterocycles. The van der Waals surface area contributed by atoms with Crippen LogP contribution in [-0.2, 0) is 0 Å². The quantitative estimate of drug-likeness (QED) is 0.181. The smallest absolute Gasteiger partial charge is 0.160 e. The second-order valence-corrected chi connectivity index (χ2v) is 13.8. The summed E-state index contributed by atoms with van der Waals surface area (Å²) >= 11 is 0. The first-order valence-corrected chi connectivity index (χ1v) is 18.2. The fourth-order valence-corrected chi connectivity index (χ4v) is 8.03. The first kappa shape index (κ1) is 30.3. The van der Waals surface area contributed by atoms with Gasteiger partial charge in [-0.3, -0.25) is 0 Å². The van der Waals surface area contributed by atoms with E-state index < -0.39 is 0 Å². The number of benzene rings is 8. The van der Waals surface area contributed by atoms with E-state index in [0.29, 0.717) is 5.82 Å². The summed E-state index contributed by atoms with van der Waals surface area (Å²) in [5, 5.41) is 6.73. The molecule has 0 aliphatic carbocycles. The lowest BCUT2D eigenvalue weighted by molar-refractivity contribution is 0.672. The normalized spacial score (nSPS) is 11.7. The number of rotatable bonds is 5. The van der Waals surface area contributed by atoms with Gasteiger partial charge in [0.1, 0.15) is 11.2 Å². The Labute approximate surface area is 311 Å². The second-order valence-electron chi connectivity index (χ2n) is 13.8. The van der Waals surface area contributed by atoms with E-state index in [-0.39, 0.29) is 0 Å². The predicted octanol–water partition coefficient (Wildman–Crippen LogP) is 13.3. The van der Waals surface area contributed by atoms with E-state index >= 15 is 0 Å². The van der Waals surface area contributed by atoms with Gasteiger partial charge in [0.15, 0.2) is 5.82 Å². The van der Waals surface area contributed by atoms with Gasteiger partial charge in [-0.25, -0.2) is 9.97 Å². The number of para-hydroxylation sites is 3. The minimum absolute atomic E-state index is 0.665. The first-order chi connectivity index (χ1) is 26.8. The third-order valence-electron chi connectivity index (χ3n) is 10.6. The van der Waals surface area contributed by atoms with Crippen LogP contribution in [0.5, 0.6) is 0 Å². The van der Waals surface area contributed by atoms with Crippen molar-refractivity contribution in [2.45, 2.75) is 0 Å². The summed E-state index contributed by atoms with van der Waals surface area (Å²) in [5.74, 6) is 0.665. The molecule has 0 unspecified atom stereocenters. The highest BCUT2D eigenvalue weighted by Gasteiger charge is 2.20. The van der Waals surface area contributed by atoms with Crippen LogP contribution in [0.4, 0.5) is 0 Å². The summed E-state index contributed by atoms with van der Waals surface area (Å²) in [7, 11) is 0. The molecule has 3 aromatic heterocycles. The zero-order valence-corrected chi connectivity index (χ0v) is 29.1. The van der Waals surface area contributed by atoms with E-state index in [1.54, 1.807) is 0 Å². The number of hydrogen-bond acceptors (Lipinski definition) is 3. The van der Waals surface area contributed by atoms with Gasteiger partial charge in [0.2, 0.25) is 0 Å². The summed E-state index contributed by atoms with van der Waals surface area (Å²) in [5.41, 5.74) is 12.2. The molecule has 0 atom stereocenters. The standard InChI is InChI=1S/C50H31N3O/c1-3-13-32(14-4-1)33-23-25-35(26-24-33)44-31-43(34-15-5-2-6-16-34)51-50(52-44)36-27-28-40-41(29-36)47(30-42-39-19-9-12-22-48(39)54-49(40)42)53-45-20-10-7-17-37(45)38-18-8-11-21-46(38)53/h1-31H. The van der Waals surface area contributed by atoms with Crippen LogP contribution in [0, 0.1) is 0 Å². The lowest BCUT2D eigenvalue weighted by Crippen LogP contribution is -1.98. The van der Waals surface area contributed by atoms with E-state index in [2.05, 4.69) is 168 Å². The zero-order chi connectivity index (χ0) is 35.6. The van der Waals surface area contributed by atoms with Crippen LogP contribution in [0.25, 0.3) is 105 Å². The van der Waals surface area contributed by atoms with Crippen LogP contribution in [0.2, 0.25) is 0 Å². The van der Waals surface area contributed by atoms with Gasteiger partial charge < -0.3 is 8.98 Å². The number of fused-ring (bicyclic) bond motifs is 8. The Morgan fingerprint density at radius 3 is 1.56 bits per heavy atom. The lowest BCUT2D eigenvalue weighted by Gasteiger charge is -2.14. The van der Waals surface area contributed by atoms with Crippen molar-refractivity contribution in [1.29, 1.82) is 0 Å². The van der Waals surface area contributed by atoms with Crippen molar-refractivity contribution in [1.82, 2.24) is 14.5 Å². The lowest BCUT2D eigenvalue weighted by atomic mass is 10.00. The summed E-state index contributed by atoms with van der Waals surface area (Å²) in [6.45, 7) is 0. The fraction of sp³-hybridized carbons (Fsp3) is 0. The Morgan fingerprint density at radius 2 is 0.870 bits per heavy atom. The molecular formula is C50H31N3O. The predicted molar refractivity (Wildman–Crippen MR) is 223 cm³/mol. The molecule has 0 fully saturated rings. The molecule has 252 valence electrons. The van der Waals surface area contributed by atoms with Crippen LogP contribution in [-0.4, -0.2) is 14.5 Å². The van der Waals surface area contributed by atoms with Gasteiger partial charge >= 0.3 is 0 Å². The molecule has 0 saturated heterocycles. The highest BCUT2D eigenvalue weighted by Crippen LogP contribution is 2.42. The van der Waals surface area contributed by atoms with Gasteiger partial charge in [-0.05, 0) is 53.6 Å². The third-order valence-corrected chi connectivity index (χ3v) is 10.6. The second kappa shape index (κ2) is 12.1. The van der Waals surface area contributed by atoms with Crippen molar-refractivity contribution in [3.63, 3.8) is 0 Å². The van der Waals surface area contributed by atoms with Gasteiger partial charge in [-0.2, -0.15) is 0 Å². The fourth-order valence-electron chi connectivity index (χ4n) is 8.03. The van der Waals surface area contributed by atoms with Crippen LogP contribution in [0.3, 0.4) is 0 Å². The number of nitrogens with zero attached hydrogens (tertiary/aromatic N) is 3. The van der Waals surface area contributed by atoms with Crippen molar-refractivity contribution >= 4 is 54.5 Å². The van der Waals surface area contributed by atoms with Gasteiger partial charge in [-0.15, -0.1) is 0 Å². The highest BCUT2D eigenvalue weighted by molar-refractivity contribution is 6.19. The molecule has 8 aromatic carbocycles.